The van der Waals surface area contributed by atoms with E-state index >= 15 is 0 Å². The molecule has 0 spiro atoms. The molecule has 0 unspecified atom stereocenters. The second-order valence-electron chi connectivity index (χ2n) is 9.03. The van der Waals surface area contributed by atoms with Gasteiger partial charge in [0.25, 0.3) is 0 Å². The largest absolute Gasteiger partial charge is 0.288 e. The van der Waals surface area contributed by atoms with E-state index < -0.39 is 0 Å². The highest BCUT2D eigenvalue weighted by molar-refractivity contribution is 6.44. The third-order valence-corrected chi connectivity index (χ3v) is 7.03. The molecule has 166 valence electrons. The number of carbonyl (C=O) groups excluding carboxylic acids is 2. The van der Waals surface area contributed by atoms with Gasteiger partial charge in [-0.2, -0.15) is 0 Å². The minimum Gasteiger partial charge on any atom is -0.288 e. The predicted molar refractivity (Wildman–Crippen MR) is 139 cm³/mol. The fourth-order valence-electron chi connectivity index (χ4n) is 4.90. The van der Waals surface area contributed by atoms with Gasteiger partial charge < -0.3 is 0 Å². The first-order valence-corrected chi connectivity index (χ1v) is 11.5. The maximum Gasteiger partial charge on any atom is 0.198 e. The second-order valence-corrected chi connectivity index (χ2v) is 9.03. The maximum atomic E-state index is 13.9. The van der Waals surface area contributed by atoms with Crippen molar-refractivity contribution in [2.45, 2.75) is 27.7 Å². The Morgan fingerprint density at radius 2 is 0.971 bits per heavy atom. The molecule has 0 aliphatic heterocycles. The average molecular weight is 443 g/mol. The number of aryl methyl sites for hydroxylation is 2. The molecular formula is C32H26O2. The van der Waals surface area contributed by atoms with E-state index in [1.54, 1.807) is 0 Å². The molecule has 0 amide bonds. The van der Waals surface area contributed by atoms with Gasteiger partial charge in [-0.1, -0.05) is 78.9 Å². The Bertz CT molecular complexity index is 1380. The Balaban J connectivity index is 1.79. The van der Waals surface area contributed by atoms with Gasteiger partial charge in [-0.3, -0.25) is 9.59 Å². The van der Waals surface area contributed by atoms with Crippen LogP contribution in [0.5, 0.6) is 0 Å². The van der Waals surface area contributed by atoms with Gasteiger partial charge in [0.15, 0.2) is 11.6 Å². The van der Waals surface area contributed by atoms with Gasteiger partial charge in [-0.15, -0.1) is 0 Å². The number of rotatable bonds is 3. The van der Waals surface area contributed by atoms with Crippen LogP contribution in [-0.2, 0) is 0 Å². The summed E-state index contributed by atoms with van der Waals surface area (Å²) in [4.78, 5) is 27.8. The lowest BCUT2D eigenvalue weighted by molar-refractivity contribution is 0.0991. The SMILES string of the molecule is Cc1cc(C)c(C)c(C=C2C(=O)c3c(-c4ccccc4)ccc(-c4ccccc4)c3C2=O)c1C. The van der Waals surface area contributed by atoms with Gasteiger partial charge in [-0.25, -0.2) is 0 Å². The van der Waals surface area contributed by atoms with E-state index in [-0.39, 0.29) is 17.1 Å². The smallest absolute Gasteiger partial charge is 0.198 e. The van der Waals surface area contributed by atoms with Gasteiger partial charge in [0.2, 0.25) is 0 Å². The first-order valence-electron chi connectivity index (χ1n) is 11.5. The topological polar surface area (TPSA) is 34.1 Å². The molecule has 1 aliphatic rings. The quantitative estimate of drug-likeness (QED) is 0.240. The van der Waals surface area contributed by atoms with E-state index in [9.17, 15) is 9.59 Å². The van der Waals surface area contributed by atoms with Crippen LogP contribution in [0.25, 0.3) is 28.3 Å². The van der Waals surface area contributed by atoms with Crippen molar-refractivity contribution >= 4 is 17.6 Å². The van der Waals surface area contributed by atoms with Crippen LogP contribution in [0.1, 0.15) is 48.5 Å². The predicted octanol–water partition coefficient (Wildman–Crippen LogP) is 7.72. The molecule has 0 saturated carbocycles. The summed E-state index contributed by atoms with van der Waals surface area (Å²) in [6, 6.07) is 25.7. The zero-order chi connectivity index (χ0) is 24.0. The molecule has 0 radical (unpaired) electrons. The second kappa shape index (κ2) is 8.39. The van der Waals surface area contributed by atoms with Crippen molar-refractivity contribution in [2.75, 3.05) is 0 Å². The number of hydrogen-bond acceptors (Lipinski definition) is 2. The zero-order valence-electron chi connectivity index (χ0n) is 19.9. The Morgan fingerprint density at radius 3 is 1.38 bits per heavy atom. The van der Waals surface area contributed by atoms with E-state index in [1.165, 1.54) is 0 Å². The summed E-state index contributed by atoms with van der Waals surface area (Å²) in [5.74, 6) is -0.399. The highest BCUT2D eigenvalue weighted by atomic mass is 16.2. The summed E-state index contributed by atoms with van der Waals surface area (Å²) in [6.45, 7) is 8.24. The molecular weight excluding hydrogens is 416 g/mol. The lowest BCUT2D eigenvalue weighted by Gasteiger charge is -2.12. The number of ketones is 2. The highest BCUT2D eigenvalue weighted by Gasteiger charge is 2.38. The fraction of sp³-hybridized carbons (Fsp3) is 0.125. The number of Topliss-reactive ketones (excluding diaryl/α,β-unsaturated/α-hetero) is 2. The standard InChI is InChI=1S/C32H26O2/c1-19-17-20(2)22(4)27(21(19)3)18-28-31(33)29-25(23-11-7-5-8-12-23)15-16-26(30(29)32(28)34)24-13-9-6-10-14-24/h5-18H,1-4H3. The number of benzene rings is 4. The molecule has 0 aromatic heterocycles. The van der Waals surface area contributed by atoms with Crippen LogP contribution in [0.2, 0.25) is 0 Å². The van der Waals surface area contributed by atoms with E-state index in [0.717, 1.165) is 50.1 Å². The first kappa shape index (κ1) is 21.8. The van der Waals surface area contributed by atoms with E-state index in [0.29, 0.717) is 11.1 Å². The van der Waals surface area contributed by atoms with Crippen molar-refractivity contribution in [3.05, 3.63) is 123 Å². The molecule has 4 aromatic rings. The Kier molecular flexibility index (Phi) is 5.37. The molecule has 1 aliphatic carbocycles. The van der Waals surface area contributed by atoms with Crippen molar-refractivity contribution in [2.24, 2.45) is 0 Å². The van der Waals surface area contributed by atoms with Gasteiger partial charge in [0.1, 0.15) is 0 Å². The minimum atomic E-state index is -0.199. The third kappa shape index (κ3) is 3.43. The van der Waals surface area contributed by atoms with Crippen LogP contribution in [-0.4, -0.2) is 11.6 Å². The summed E-state index contributed by atoms with van der Waals surface area (Å²) in [5, 5.41) is 0. The molecule has 0 bridgehead atoms. The Morgan fingerprint density at radius 1 is 0.559 bits per heavy atom. The molecule has 0 saturated heterocycles. The molecule has 0 heterocycles. The van der Waals surface area contributed by atoms with Crippen LogP contribution in [0.15, 0.2) is 84.4 Å². The molecule has 0 fully saturated rings. The average Bonchev–Trinajstić information content (AvgIpc) is 3.11. The van der Waals surface area contributed by atoms with Crippen molar-refractivity contribution < 1.29 is 9.59 Å². The molecule has 2 nitrogen and oxygen atoms in total. The summed E-state index contributed by atoms with van der Waals surface area (Å²) in [6.07, 6.45) is 1.82. The van der Waals surface area contributed by atoms with Crippen LogP contribution < -0.4 is 0 Å². The van der Waals surface area contributed by atoms with Gasteiger partial charge in [0, 0.05) is 11.1 Å². The summed E-state index contributed by atoms with van der Waals surface area (Å²) >= 11 is 0. The third-order valence-electron chi connectivity index (χ3n) is 7.03. The first-order chi connectivity index (χ1) is 16.4. The molecule has 0 atom stereocenters. The van der Waals surface area contributed by atoms with Crippen LogP contribution in [0.4, 0.5) is 0 Å². The lowest BCUT2D eigenvalue weighted by Crippen LogP contribution is -2.03. The Hall–Kier alpha value is -4.04. The number of allylic oxidation sites excluding steroid dienone is 1. The van der Waals surface area contributed by atoms with Gasteiger partial charge in [-0.05, 0) is 83.8 Å². The van der Waals surface area contributed by atoms with Crippen molar-refractivity contribution in [1.82, 2.24) is 0 Å². The van der Waals surface area contributed by atoms with Crippen molar-refractivity contribution in [3.8, 4) is 22.3 Å². The van der Waals surface area contributed by atoms with Gasteiger partial charge in [0.05, 0.1) is 5.57 Å². The molecule has 5 rings (SSSR count). The van der Waals surface area contributed by atoms with E-state index in [2.05, 4.69) is 33.8 Å². The minimum absolute atomic E-state index is 0.199. The molecule has 2 heteroatoms. The molecule has 34 heavy (non-hydrogen) atoms. The highest BCUT2D eigenvalue weighted by Crippen LogP contribution is 2.41. The molecule has 4 aromatic carbocycles. The monoisotopic (exact) mass is 442 g/mol. The Labute approximate surface area is 200 Å². The van der Waals surface area contributed by atoms with E-state index in [4.69, 9.17) is 0 Å². The summed E-state index contributed by atoms with van der Waals surface area (Å²) < 4.78 is 0. The van der Waals surface area contributed by atoms with Crippen molar-refractivity contribution in [3.63, 3.8) is 0 Å². The lowest BCUT2D eigenvalue weighted by atomic mass is 9.90. The normalized spacial score (nSPS) is 12.8. The molecule has 0 N–H and O–H groups in total. The number of fused-ring (bicyclic) bond motifs is 1. The van der Waals surface area contributed by atoms with Crippen LogP contribution in [0.3, 0.4) is 0 Å². The zero-order valence-corrected chi connectivity index (χ0v) is 19.9. The van der Waals surface area contributed by atoms with Crippen LogP contribution in [0, 0.1) is 27.7 Å². The summed E-state index contributed by atoms with van der Waals surface area (Å²) in [7, 11) is 0. The van der Waals surface area contributed by atoms with Crippen molar-refractivity contribution in [1.29, 1.82) is 0 Å². The van der Waals surface area contributed by atoms with Crippen LogP contribution >= 0.6 is 0 Å². The van der Waals surface area contributed by atoms with E-state index in [1.807, 2.05) is 78.9 Å². The number of carbonyl (C=O) groups is 2. The van der Waals surface area contributed by atoms with Gasteiger partial charge >= 0.3 is 0 Å². The summed E-state index contributed by atoms with van der Waals surface area (Å²) in [5.41, 5.74) is 10.2. The maximum absolute atomic E-state index is 13.9. The number of hydrogen-bond donors (Lipinski definition) is 0. The fourth-order valence-corrected chi connectivity index (χ4v) is 4.90.